The first-order valence-electron chi connectivity index (χ1n) is 10.6. The Morgan fingerprint density at radius 2 is 1.83 bits per heavy atom. The molecule has 0 aliphatic heterocycles. The fourth-order valence-electron chi connectivity index (χ4n) is 4.82. The Morgan fingerprint density at radius 3 is 2.57 bits per heavy atom. The molecule has 1 aliphatic rings. The number of methoxy groups -OCH3 is 1. The van der Waals surface area contributed by atoms with Crippen LogP contribution in [0.1, 0.15) is 43.7 Å². The summed E-state index contributed by atoms with van der Waals surface area (Å²) >= 11 is 0. The highest BCUT2D eigenvalue weighted by molar-refractivity contribution is 6.04. The molecule has 1 saturated carbocycles. The van der Waals surface area contributed by atoms with Crippen LogP contribution >= 0.6 is 0 Å². The van der Waals surface area contributed by atoms with Crippen LogP contribution in [0.3, 0.4) is 0 Å². The monoisotopic (exact) mass is 402 g/mol. The van der Waals surface area contributed by atoms with Crippen molar-refractivity contribution in [1.82, 2.24) is 19.1 Å². The van der Waals surface area contributed by atoms with Crippen LogP contribution in [0.15, 0.2) is 41.5 Å². The van der Waals surface area contributed by atoms with E-state index in [9.17, 15) is 4.79 Å². The van der Waals surface area contributed by atoms with Crippen LogP contribution in [-0.4, -0.2) is 26.2 Å². The molecule has 30 heavy (non-hydrogen) atoms. The second-order valence-corrected chi connectivity index (χ2v) is 8.28. The smallest absolute Gasteiger partial charge is 0.329 e. The topological polar surface area (TPSA) is 61.9 Å². The molecule has 154 valence electrons. The average molecular weight is 402 g/mol. The molecule has 0 saturated heterocycles. The molecule has 0 spiro atoms. The van der Waals surface area contributed by atoms with Crippen LogP contribution in [-0.2, 0) is 7.05 Å². The van der Waals surface area contributed by atoms with Crippen LogP contribution < -0.4 is 10.4 Å². The highest BCUT2D eigenvalue weighted by atomic mass is 16.5. The van der Waals surface area contributed by atoms with Gasteiger partial charge in [0.2, 0.25) is 5.88 Å². The predicted octanol–water partition coefficient (Wildman–Crippen LogP) is 4.77. The molecule has 1 aliphatic carbocycles. The first-order valence-corrected chi connectivity index (χ1v) is 10.6. The molecule has 5 rings (SSSR count). The number of fused-ring (bicyclic) bond motifs is 3. The molecule has 1 aromatic carbocycles. The minimum atomic E-state index is 0.0542. The standard InChI is InChI=1S/C24H26N4O2/c1-15-11-17(13-26-23(15)30-3)16-9-10-20-19(12-16)22-21(14-25-20)27(2)24(29)28(22)18-7-5-4-6-8-18/h9-14,18H,4-8H2,1-3H3. The number of aryl methyl sites for hydroxylation is 2. The first kappa shape index (κ1) is 18.9. The number of rotatable bonds is 3. The summed E-state index contributed by atoms with van der Waals surface area (Å²) in [5.74, 6) is 0.637. The molecule has 0 atom stereocenters. The molecule has 1 fully saturated rings. The predicted molar refractivity (Wildman–Crippen MR) is 119 cm³/mol. The second kappa shape index (κ2) is 7.27. The summed E-state index contributed by atoms with van der Waals surface area (Å²) in [6.07, 6.45) is 9.40. The van der Waals surface area contributed by atoms with E-state index in [4.69, 9.17) is 4.74 Å². The Balaban J connectivity index is 1.76. The van der Waals surface area contributed by atoms with E-state index in [2.05, 4.69) is 28.2 Å². The summed E-state index contributed by atoms with van der Waals surface area (Å²) in [4.78, 5) is 22.2. The number of nitrogens with zero attached hydrogens (tertiary/aromatic N) is 4. The van der Waals surface area contributed by atoms with E-state index in [1.807, 2.05) is 37.0 Å². The summed E-state index contributed by atoms with van der Waals surface area (Å²) in [5.41, 5.74) is 5.92. The van der Waals surface area contributed by atoms with Gasteiger partial charge in [-0.1, -0.05) is 25.3 Å². The van der Waals surface area contributed by atoms with E-state index >= 15 is 0 Å². The number of aromatic nitrogens is 4. The second-order valence-electron chi connectivity index (χ2n) is 8.28. The van der Waals surface area contributed by atoms with Crippen LogP contribution in [0.5, 0.6) is 5.88 Å². The third kappa shape index (κ3) is 2.90. The normalized spacial score (nSPS) is 15.2. The van der Waals surface area contributed by atoms with Crippen molar-refractivity contribution in [3.8, 4) is 17.0 Å². The number of hydrogen-bond donors (Lipinski definition) is 0. The zero-order valence-corrected chi connectivity index (χ0v) is 17.7. The lowest BCUT2D eigenvalue weighted by Gasteiger charge is -2.23. The minimum absolute atomic E-state index is 0.0542. The quantitative estimate of drug-likeness (QED) is 0.495. The largest absolute Gasteiger partial charge is 0.481 e. The van der Waals surface area contributed by atoms with Crippen molar-refractivity contribution in [3.05, 3.63) is 52.7 Å². The zero-order valence-electron chi connectivity index (χ0n) is 17.7. The first-order chi connectivity index (χ1) is 14.6. The summed E-state index contributed by atoms with van der Waals surface area (Å²) in [5, 5.41) is 1.02. The summed E-state index contributed by atoms with van der Waals surface area (Å²) in [6, 6.07) is 8.59. The van der Waals surface area contributed by atoms with E-state index in [0.29, 0.717) is 5.88 Å². The van der Waals surface area contributed by atoms with Crippen LogP contribution in [0.4, 0.5) is 0 Å². The summed E-state index contributed by atoms with van der Waals surface area (Å²) in [7, 11) is 3.48. The Bertz CT molecular complexity index is 1310. The molecule has 6 heteroatoms. The highest BCUT2D eigenvalue weighted by Crippen LogP contribution is 2.34. The molecule has 0 radical (unpaired) electrons. The minimum Gasteiger partial charge on any atom is -0.481 e. The van der Waals surface area contributed by atoms with Gasteiger partial charge in [0.25, 0.3) is 0 Å². The molecule has 0 unspecified atom stereocenters. The van der Waals surface area contributed by atoms with E-state index in [1.54, 1.807) is 11.7 Å². The lowest BCUT2D eigenvalue weighted by Crippen LogP contribution is -2.27. The Kier molecular flexibility index (Phi) is 4.57. The van der Waals surface area contributed by atoms with Crippen molar-refractivity contribution in [2.24, 2.45) is 7.05 Å². The van der Waals surface area contributed by atoms with Gasteiger partial charge in [-0.25, -0.2) is 9.78 Å². The van der Waals surface area contributed by atoms with Gasteiger partial charge in [-0.3, -0.25) is 14.1 Å². The highest BCUT2D eigenvalue weighted by Gasteiger charge is 2.23. The van der Waals surface area contributed by atoms with Gasteiger partial charge < -0.3 is 4.74 Å². The number of ether oxygens (including phenoxy) is 1. The molecule has 3 aromatic heterocycles. The van der Waals surface area contributed by atoms with Crippen molar-refractivity contribution in [2.75, 3.05) is 7.11 Å². The van der Waals surface area contributed by atoms with Gasteiger partial charge in [0.15, 0.2) is 0 Å². The maximum Gasteiger partial charge on any atom is 0.329 e. The fraction of sp³-hybridized carbons (Fsp3) is 0.375. The van der Waals surface area contributed by atoms with E-state index in [-0.39, 0.29) is 11.7 Å². The number of hydrogen-bond acceptors (Lipinski definition) is 4. The SMILES string of the molecule is COc1ncc(-c2ccc3ncc4c(c3c2)n(C2CCCCC2)c(=O)n4C)cc1C. The zero-order chi connectivity index (χ0) is 20.8. The van der Waals surface area contributed by atoms with Crippen LogP contribution in [0.25, 0.3) is 33.1 Å². The molecular formula is C24H26N4O2. The maximum absolute atomic E-state index is 13.2. The van der Waals surface area contributed by atoms with Gasteiger partial charge in [-0.15, -0.1) is 0 Å². The van der Waals surface area contributed by atoms with Crippen molar-refractivity contribution in [1.29, 1.82) is 0 Å². The number of pyridine rings is 2. The van der Waals surface area contributed by atoms with E-state index in [1.165, 1.54) is 19.3 Å². The van der Waals surface area contributed by atoms with Crippen molar-refractivity contribution in [2.45, 2.75) is 45.1 Å². The van der Waals surface area contributed by atoms with E-state index in [0.717, 1.165) is 51.5 Å². The molecule has 3 heterocycles. The molecular weight excluding hydrogens is 376 g/mol. The van der Waals surface area contributed by atoms with Crippen LogP contribution in [0.2, 0.25) is 0 Å². The van der Waals surface area contributed by atoms with Gasteiger partial charge in [0.05, 0.1) is 29.9 Å². The molecule has 6 nitrogen and oxygen atoms in total. The summed E-state index contributed by atoms with van der Waals surface area (Å²) < 4.78 is 9.07. The van der Waals surface area contributed by atoms with Gasteiger partial charge >= 0.3 is 5.69 Å². The maximum atomic E-state index is 13.2. The molecule has 0 amide bonds. The summed E-state index contributed by atoms with van der Waals surface area (Å²) in [6.45, 7) is 1.99. The lowest BCUT2D eigenvalue weighted by atomic mass is 9.95. The van der Waals surface area contributed by atoms with Crippen molar-refractivity contribution in [3.63, 3.8) is 0 Å². The van der Waals surface area contributed by atoms with Gasteiger partial charge in [-0.2, -0.15) is 0 Å². The molecule has 4 aromatic rings. The Morgan fingerprint density at radius 1 is 1.03 bits per heavy atom. The van der Waals surface area contributed by atoms with E-state index < -0.39 is 0 Å². The third-order valence-corrected chi connectivity index (χ3v) is 6.41. The van der Waals surface area contributed by atoms with Crippen molar-refractivity contribution < 1.29 is 4.74 Å². The Hall–Kier alpha value is -3.15. The average Bonchev–Trinajstić information content (AvgIpc) is 3.04. The Labute approximate surface area is 175 Å². The van der Waals surface area contributed by atoms with Gasteiger partial charge in [-0.05, 0) is 43.5 Å². The molecule has 0 bridgehead atoms. The van der Waals surface area contributed by atoms with Crippen molar-refractivity contribution >= 4 is 21.9 Å². The molecule has 0 N–H and O–H groups in total. The van der Waals surface area contributed by atoms with Crippen LogP contribution in [0, 0.1) is 6.92 Å². The van der Waals surface area contributed by atoms with Gasteiger partial charge in [0, 0.05) is 35.8 Å². The number of imidazole rings is 1. The number of benzene rings is 1. The fourth-order valence-corrected chi connectivity index (χ4v) is 4.82. The lowest BCUT2D eigenvalue weighted by molar-refractivity contribution is 0.351. The third-order valence-electron chi connectivity index (χ3n) is 6.41. The van der Waals surface area contributed by atoms with Gasteiger partial charge in [0.1, 0.15) is 0 Å².